The SMILES string of the molecule is O=C(c1csc(-c2cccs2)n1)N1CCOc2ccccc21. The van der Waals surface area contributed by atoms with E-state index in [0.29, 0.717) is 18.8 Å². The number of thiophene rings is 1. The molecule has 0 radical (unpaired) electrons. The second kappa shape index (κ2) is 5.55. The van der Waals surface area contributed by atoms with Gasteiger partial charge in [-0.2, -0.15) is 0 Å². The Hall–Kier alpha value is -2.18. The number of anilines is 1. The average molecular weight is 328 g/mol. The number of aromatic nitrogens is 1. The van der Waals surface area contributed by atoms with Gasteiger partial charge in [0.2, 0.25) is 0 Å². The quantitative estimate of drug-likeness (QED) is 0.716. The van der Waals surface area contributed by atoms with E-state index >= 15 is 0 Å². The molecule has 1 aromatic carbocycles. The van der Waals surface area contributed by atoms with Crippen molar-refractivity contribution in [2.75, 3.05) is 18.1 Å². The zero-order valence-corrected chi connectivity index (χ0v) is 13.2. The van der Waals surface area contributed by atoms with Crippen molar-refractivity contribution in [3.8, 4) is 15.6 Å². The van der Waals surface area contributed by atoms with Gasteiger partial charge in [0, 0.05) is 5.38 Å². The van der Waals surface area contributed by atoms with Crippen LogP contribution in [-0.2, 0) is 0 Å². The Morgan fingerprint density at radius 2 is 2.09 bits per heavy atom. The summed E-state index contributed by atoms with van der Waals surface area (Å²) < 4.78 is 5.59. The lowest BCUT2D eigenvalue weighted by Gasteiger charge is -2.28. The standard InChI is InChI=1S/C16H12N2O2S2/c19-16(11-10-22-15(17-11)14-6-3-9-21-14)18-7-8-20-13-5-2-1-4-12(13)18/h1-6,9-10H,7-8H2. The highest BCUT2D eigenvalue weighted by Crippen LogP contribution is 2.33. The van der Waals surface area contributed by atoms with Gasteiger partial charge in [-0.3, -0.25) is 4.79 Å². The lowest BCUT2D eigenvalue weighted by atomic mass is 10.2. The minimum atomic E-state index is -0.0743. The molecule has 110 valence electrons. The molecule has 22 heavy (non-hydrogen) atoms. The van der Waals surface area contributed by atoms with Gasteiger partial charge in [0.15, 0.2) is 0 Å². The monoisotopic (exact) mass is 328 g/mol. The maximum atomic E-state index is 12.8. The molecule has 0 N–H and O–H groups in total. The third-order valence-corrected chi connectivity index (χ3v) is 5.31. The van der Waals surface area contributed by atoms with Crippen LogP contribution in [0.5, 0.6) is 5.75 Å². The van der Waals surface area contributed by atoms with Crippen molar-refractivity contribution in [2.24, 2.45) is 0 Å². The fourth-order valence-electron chi connectivity index (χ4n) is 2.40. The molecular formula is C16H12N2O2S2. The molecule has 0 bridgehead atoms. The summed E-state index contributed by atoms with van der Waals surface area (Å²) in [5, 5.41) is 4.73. The fourth-order valence-corrected chi connectivity index (χ4v) is 4.01. The molecule has 0 fully saturated rings. The first-order valence-corrected chi connectivity index (χ1v) is 8.62. The second-order valence-corrected chi connectivity index (χ2v) is 6.59. The van der Waals surface area contributed by atoms with Crippen LogP contribution in [0.25, 0.3) is 9.88 Å². The maximum Gasteiger partial charge on any atom is 0.277 e. The number of rotatable bonds is 2. The number of carbonyl (C=O) groups excluding carboxylic acids is 1. The molecule has 0 spiro atoms. The molecule has 4 rings (SSSR count). The van der Waals surface area contributed by atoms with Crippen LogP contribution in [0.1, 0.15) is 10.5 Å². The normalized spacial score (nSPS) is 13.5. The van der Waals surface area contributed by atoms with E-state index in [1.54, 1.807) is 16.2 Å². The molecule has 0 atom stereocenters. The predicted octanol–water partition coefficient (Wildman–Crippen LogP) is 3.91. The molecule has 0 unspecified atom stereocenters. The van der Waals surface area contributed by atoms with Crippen molar-refractivity contribution < 1.29 is 9.53 Å². The van der Waals surface area contributed by atoms with Crippen LogP contribution in [0.4, 0.5) is 5.69 Å². The first-order chi connectivity index (χ1) is 10.8. The largest absolute Gasteiger partial charge is 0.490 e. The second-order valence-electron chi connectivity index (χ2n) is 4.79. The van der Waals surface area contributed by atoms with Gasteiger partial charge in [-0.1, -0.05) is 18.2 Å². The number of hydrogen-bond donors (Lipinski definition) is 0. The van der Waals surface area contributed by atoms with E-state index in [1.807, 2.05) is 47.2 Å². The Morgan fingerprint density at radius 3 is 2.95 bits per heavy atom. The molecule has 1 aliphatic heterocycles. The van der Waals surface area contributed by atoms with Crippen molar-refractivity contribution in [1.82, 2.24) is 4.98 Å². The number of amides is 1. The lowest BCUT2D eigenvalue weighted by Crippen LogP contribution is -2.38. The third kappa shape index (κ3) is 2.30. The van der Waals surface area contributed by atoms with Gasteiger partial charge in [-0.25, -0.2) is 4.98 Å². The number of carbonyl (C=O) groups is 1. The summed E-state index contributed by atoms with van der Waals surface area (Å²) in [5.74, 6) is 0.672. The number of benzene rings is 1. The summed E-state index contributed by atoms with van der Waals surface area (Å²) >= 11 is 3.13. The smallest absolute Gasteiger partial charge is 0.277 e. The van der Waals surface area contributed by atoms with Crippen LogP contribution in [0.15, 0.2) is 47.2 Å². The molecule has 0 saturated carbocycles. The van der Waals surface area contributed by atoms with Crippen LogP contribution >= 0.6 is 22.7 Å². The highest BCUT2D eigenvalue weighted by molar-refractivity contribution is 7.20. The van der Waals surface area contributed by atoms with E-state index in [9.17, 15) is 4.79 Å². The van der Waals surface area contributed by atoms with Crippen molar-refractivity contribution >= 4 is 34.3 Å². The Kier molecular flexibility index (Phi) is 3.40. The molecule has 0 saturated heterocycles. The first-order valence-electron chi connectivity index (χ1n) is 6.86. The first kappa shape index (κ1) is 13.5. The summed E-state index contributed by atoms with van der Waals surface area (Å²) in [5.41, 5.74) is 1.30. The molecule has 1 amide bonds. The van der Waals surface area contributed by atoms with E-state index < -0.39 is 0 Å². The average Bonchev–Trinajstić information content (AvgIpc) is 3.24. The summed E-state index contributed by atoms with van der Waals surface area (Å²) in [4.78, 5) is 20.1. The van der Waals surface area contributed by atoms with Crippen molar-refractivity contribution in [1.29, 1.82) is 0 Å². The number of para-hydroxylation sites is 2. The fraction of sp³-hybridized carbons (Fsp3) is 0.125. The number of hydrogen-bond acceptors (Lipinski definition) is 5. The van der Waals surface area contributed by atoms with Gasteiger partial charge in [0.1, 0.15) is 23.1 Å². The van der Waals surface area contributed by atoms with Crippen LogP contribution in [0.2, 0.25) is 0 Å². The summed E-state index contributed by atoms with van der Waals surface area (Å²) in [7, 11) is 0. The van der Waals surface area contributed by atoms with Gasteiger partial charge in [0.25, 0.3) is 5.91 Å². The summed E-state index contributed by atoms with van der Waals surface area (Å²) in [6, 6.07) is 11.6. The molecule has 3 heterocycles. The predicted molar refractivity (Wildman–Crippen MR) is 89.0 cm³/mol. The molecule has 1 aliphatic rings. The van der Waals surface area contributed by atoms with Crippen LogP contribution in [0, 0.1) is 0 Å². The Morgan fingerprint density at radius 1 is 1.18 bits per heavy atom. The Balaban J connectivity index is 1.66. The van der Waals surface area contributed by atoms with E-state index in [0.717, 1.165) is 21.3 Å². The van der Waals surface area contributed by atoms with Gasteiger partial charge in [0.05, 0.1) is 17.1 Å². The number of nitrogens with zero attached hydrogens (tertiary/aromatic N) is 2. The molecule has 6 heteroatoms. The van der Waals surface area contributed by atoms with Crippen molar-refractivity contribution in [3.63, 3.8) is 0 Å². The van der Waals surface area contributed by atoms with Crippen LogP contribution in [-0.4, -0.2) is 24.0 Å². The van der Waals surface area contributed by atoms with E-state index in [4.69, 9.17) is 4.74 Å². The lowest BCUT2D eigenvalue weighted by molar-refractivity contribution is 0.0972. The number of ether oxygens (including phenoxy) is 1. The van der Waals surface area contributed by atoms with Gasteiger partial charge in [-0.05, 0) is 23.6 Å². The maximum absolute atomic E-state index is 12.8. The van der Waals surface area contributed by atoms with Crippen molar-refractivity contribution in [3.05, 3.63) is 52.9 Å². The number of thiazole rings is 1. The topological polar surface area (TPSA) is 42.4 Å². The minimum Gasteiger partial charge on any atom is -0.490 e. The zero-order valence-electron chi connectivity index (χ0n) is 11.6. The van der Waals surface area contributed by atoms with Crippen LogP contribution in [0.3, 0.4) is 0 Å². The highest BCUT2D eigenvalue weighted by atomic mass is 32.1. The van der Waals surface area contributed by atoms with Gasteiger partial charge in [-0.15, -0.1) is 22.7 Å². The summed E-state index contributed by atoms with van der Waals surface area (Å²) in [6.45, 7) is 1.05. The molecular weight excluding hydrogens is 316 g/mol. The van der Waals surface area contributed by atoms with Crippen LogP contribution < -0.4 is 9.64 Å². The molecule has 3 aromatic rings. The van der Waals surface area contributed by atoms with E-state index in [1.165, 1.54) is 11.3 Å². The van der Waals surface area contributed by atoms with E-state index in [-0.39, 0.29) is 5.91 Å². The molecule has 2 aromatic heterocycles. The van der Waals surface area contributed by atoms with Gasteiger partial charge < -0.3 is 9.64 Å². The Labute approximate surface area is 135 Å². The summed E-state index contributed by atoms with van der Waals surface area (Å²) in [6.07, 6.45) is 0. The minimum absolute atomic E-state index is 0.0743. The Bertz CT molecular complexity index is 811. The van der Waals surface area contributed by atoms with Gasteiger partial charge >= 0.3 is 0 Å². The molecule has 4 nitrogen and oxygen atoms in total. The highest BCUT2D eigenvalue weighted by Gasteiger charge is 2.26. The van der Waals surface area contributed by atoms with E-state index in [2.05, 4.69) is 4.98 Å². The third-order valence-electron chi connectivity index (χ3n) is 3.43. The molecule has 0 aliphatic carbocycles. The van der Waals surface area contributed by atoms with Crippen molar-refractivity contribution in [2.45, 2.75) is 0 Å². The zero-order chi connectivity index (χ0) is 14.9. The number of fused-ring (bicyclic) bond motifs is 1.